The summed E-state index contributed by atoms with van der Waals surface area (Å²) in [5, 5.41) is 9.54. The van der Waals surface area contributed by atoms with Crippen molar-refractivity contribution in [2.24, 2.45) is 0 Å². The summed E-state index contributed by atoms with van der Waals surface area (Å²) in [6, 6.07) is 16.1. The summed E-state index contributed by atoms with van der Waals surface area (Å²) in [5.74, 6) is 0. The first-order chi connectivity index (χ1) is 14.6. The highest BCUT2D eigenvalue weighted by molar-refractivity contribution is 7.95. The van der Waals surface area contributed by atoms with E-state index in [4.69, 9.17) is 0 Å². The van der Waals surface area contributed by atoms with Gasteiger partial charge in [0.1, 0.15) is 11.0 Å². The number of benzene rings is 2. The van der Waals surface area contributed by atoms with E-state index in [1.807, 2.05) is 0 Å². The van der Waals surface area contributed by atoms with Gasteiger partial charge in [0.05, 0.1) is 16.1 Å². The first kappa shape index (κ1) is 22.4. The number of alkyl halides is 3. The number of allylic oxidation sites excluding steroid dienone is 1. The maximum Gasteiger partial charge on any atom is 0.418 e. The van der Waals surface area contributed by atoms with Crippen molar-refractivity contribution < 1.29 is 21.6 Å². The van der Waals surface area contributed by atoms with Crippen molar-refractivity contribution in [3.8, 4) is 11.8 Å². The molecule has 0 unspecified atom stereocenters. The van der Waals surface area contributed by atoms with Gasteiger partial charge in [0.25, 0.3) is 0 Å². The van der Waals surface area contributed by atoms with Crippen LogP contribution in [0, 0.1) is 18.3 Å². The molecule has 2 aromatic carbocycles. The number of nitriles is 1. The van der Waals surface area contributed by atoms with Gasteiger partial charge in [0.15, 0.2) is 0 Å². The van der Waals surface area contributed by atoms with Crippen LogP contribution in [-0.4, -0.2) is 13.0 Å². The molecule has 0 bridgehead atoms. The number of aromatic nitrogens is 1. The van der Waals surface area contributed by atoms with Crippen LogP contribution in [0.5, 0.6) is 0 Å². The first-order valence-electron chi connectivity index (χ1n) is 9.41. The molecule has 0 aliphatic rings. The number of halogens is 3. The minimum Gasteiger partial charge on any atom is -0.317 e. The van der Waals surface area contributed by atoms with Crippen LogP contribution in [-0.2, 0) is 22.4 Å². The lowest BCUT2D eigenvalue weighted by Crippen LogP contribution is -2.13. The van der Waals surface area contributed by atoms with E-state index in [-0.39, 0.29) is 10.6 Å². The van der Waals surface area contributed by atoms with Crippen LogP contribution in [0.4, 0.5) is 13.2 Å². The second-order valence-corrected chi connectivity index (χ2v) is 8.75. The lowest BCUT2D eigenvalue weighted by Gasteiger charge is -2.17. The van der Waals surface area contributed by atoms with E-state index in [0.29, 0.717) is 23.4 Å². The van der Waals surface area contributed by atoms with Gasteiger partial charge in [-0.05, 0) is 55.3 Å². The van der Waals surface area contributed by atoms with Crippen LogP contribution in [0.25, 0.3) is 11.8 Å². The van der Waals surface area contributed by atoms with Crippen LogP contribution in [0.2, 0.25) is 0 Å². The topological polar surface area (TPSA) is 62.9 Å². The summed E-state index contributed by atoms with van der Waals surface area (Å²) in [6.45, 7) is 3.40. The Labute approximate surface area is 178 Å². The zero-order valence-corrected chi connectivity index (χ0v) is 17.6. The van der Waals surface area contributed by atoms with Gasteiger partial charge >= 0.3 is 6.18 Å². The molecule has 0 saturated heterocycles. The normalized spacial score (nSPS) is 12.6. The molecule has 3 aromatic rings. The van der Waals surface area contributed by atoms with Gasteiger partial charge in [-0.15, -0.1) is 0 Å². The van der Waals surface area contributed by atoms with E-state index in [1.165, 1.54) is 41.0 Å². The molecule has 3 rings (SSSR count). The molecule has 0 radical (unpaired) electrons. The molecule has 0 spiro atoms. The first-order valence-corrected chi connectivity index (χ1v) is 10.9. The molecule has 0 aliphatic carbocycles. The third-order valence-corrected chi connectivity index (χ3v) is 6.53. The Morgan fingerprint density at radius 1 is 1.10 bits per heavy atom. The number of hydrogen-bond acceptors (Lipinski definition) is 3. The molecule has 8 heteroatoms. The van der Waals surface area contributed by atoms with Crippen LogP contribution in [0.15, 0.2) is 70.5 Å². The van der Waals surface area contributed by atoms with E-state index in [1.54, 1.807) is 44.2 Å². The fourth-order valence-electron chi connectivity index (χ4n) is 3.48. The number of aryl methyl sites for hydroxylation is 1. The smallest absolute Gasteiger partial charge is 0.317 e. The fourth-order valence-corrected chi connectivity index (χ4v) is 4.66. The highest BCUT2D eigenvalue weighted by atomic mass is 32.2. The van der Waals surface area contributed by atoms with Crippen LogP contribution >= 0.6 is 0 Å². The molecular weight excluding hydrogens is 425 g/mol. The molecule has 4 nitrogen and oxygen atoms in total. The lowest BCUT2D eigenvalue weighted by molar-refractivity contribution is -0.137. The largest absolute Gasteiger partial charge is 0.418 e. The Kier molecular flexibility index (Phi) is 6.09. The summed E-state index contributed by atoms with van der Waals surface area (Å²) in [6.07, 6.45) is -3.00. The third-order valence-electron chi connectivity index (χ3n) is 4.85. The molecule has 1 heterocycles. The van der Waals surface area contributed by atoms with Crippen molar-refractivity contribution in [3.05, 3.63) is 88.1 Å². The quantitative estimate of drug-likeness (QED) is 0.474. The molecule has 0 fully saturated rings. The van der Waals surface area contributed by atoms with Crippen LogP contribution in [0.3, 0.4) is 0 Å². The zero-order chi connectivity index (χ0) is 22.8. The Morgan fingerprint density at radius 3 is 2.29 bits per heavy atom. The van der Waals surface area contributed by atoms with Crippen molar-refractivity contribution in [2.75, 3.05) is 0 Å². The van der Waals surface area contributed by atoms with Gasteiger partial charge in [-0.1, -0.05) is 37.3 Å². The maximum absolute atomic E-state index is 13.6. The molecule has 0 atom stereocenters. The molecule has 0 saturated carbocycles. The average molecular weight is 444 g/mol. The number of para-hydroxylation sites is 1. The lowest BCUT2D eigenvalue weighted by atomic mass is 10.1. The molecule has 1 aromatic heterocycles. The van der Waals surface area contributed by atoms with Gasteiger partial charge in [-0.3, -0.25) is 0 Å². The van der Waals surface area contributed by atoms with Gasteiger partial charge < -0.3 is 4.57 Å². The van der Waals surface area contributed by atoms with Crippen molar-refractivity contribution in [1.29, 1.82) is 5.26 Å². The number of nitrogens with zero attached hydrogens (tertiary/aromatic N) is 2. The minimum atomic E-state index is -4.55. The monoisotopic (exact) mass is 444 g/mol. The van der Waals surface area contributed by atoms with Gasteiger partial charge in [-0.25, -0.2) is 8.42 Å². The highest BCUT2D eigenvalue weighted by Crippen LogP contribution is 2.36. The second-order valence-electron chi connectivity index (χ2n) is 6.83. The van der Waals surface area contributed by atoms with E-state index in [9.17, 15) is 26.9 Å². The van der Waals surface area contributed by atoms with Crippen LogP contribution < -0.4 is 0 Å². The molecule has 0 amide bonds. The maximum atomic E-state index is 13.6. The minimum absolute atomic E-state index is 0.0283. The van der Waals surface area contributed by atoms with Gasteiger partial charge in [0, 0.05) is 11.4 Å². The van der Waals surface area contributed by atoms with E-state index in [0.717, 1.165) is 6.07 Å². The summed E-state index contributed by atoms with van der Waals surface area (Å²) in [5.41, 5.74) is 0.511. The van der Waals surface area contributed by atoms with Gasteiger partial charge in [-0.2, -0.15) is 18.4 Å². The molecular formula is C23H19F3N2O2S. The molecule has 31 heavy (non-hydrogen) atoms. The predicted molar refractivity (Wildman–Crippen MR) is 112 cm³/mol. The Balaban J connectivity index is 2.22. The summed E-state index contributed by atoms with van der Waals surface area (Å²) >= 11 is 0. The Bertz CT molecular complexity index is 1280. The molecule has 160 valence electrons. The van der Waals surface area contributed by atoms with Crippen molar-refractivity contribution in [2.45, 2.75) is 31.3 Å². The van der Waals surface area contributed by atoms with Crippen molar-refractivity contribution in [3.63, 3.8) is 0 Å². The van der Waals surface area contributed by atoms with E-state index in [2.05, 4.69) is 0 Å². The van der Waals surface area contributed by atoms with Crippen LogP contribution in [0.1, 0.15) is 29.4 Å². The van der Waals surface area contributed by atoms with E-state index < -0.39 is 26.5 Å². The number of hydrogen-bond donors (Lipinski definition) is 0. The average Bonchev–Trinajstić information content (AvgIpc) is 3.06. The Hall–Kier alpha value is -3.31. The predicted octanol–water partition coefficient (Wildman–Crippen LogP) is 5.71. The standard InChI is InChI=1S/C23H19F3N2O2S/c1-3-21-17(14-19(15-27)31(29,30)18-9-5-4-6-10-18)13-16(2)28(21)22-12-8-7-11-20(22)23(24,25)26/h4-14H,3H2,1-2H3/b19-14+. The Morgan fingerprint density at radius 2 is 1.71 bits per heavy atom. The van der Waals surface area contributed by atoms with Crippen molar-refractivity contribution >= 4 is 15.9 Å². The molecule has 0 aliphatic heterocycles. The number of rotatable bonds is 5. The highest BCUT2D eigenvalue weighted by Gasteiger charge is 2.34. The number of sulfone groups is 1. The van der Waals surface area contributed by atoms with Gasteiger partial charge in [0.2, 0.25) is 9.84 Å². The fraction of sp³-hybridized carbons (Fsp3) is 0.174. The molecule has 0 N–H and O–H groups in total. The SMILES string of the molecule is CCc1c(/C=C(\C#N)S(=O)(=O)c2ccccc2)cc(C)n1-c1ccccc1C(F)(F)F. The summed E-state index contributed by atoms with van der Waals surface area (Å²) < 4.78 is 67.9. The van der Waals surface area contributed by atoms with Crippen molar-refractivity contribution in [1.82, 2.24) is 4.57 Å². The zero-order valence-electron chi connectivity index (χ0n) is 16.8. The summed E-state index contributed by atoms with van der Waals surface area (Å²) in [7, 11) is -4.06. The summed E-state index contributed by atoms with van der Waals surface area (Å²) in [4.78, 5) is -0.505. The second kappa shape index (κ2) is 8.44. The van der Waals surface area contributed by atoms with E-state index >= 15 is 0 Å². The third kappa shape index (κ3) is 4.28.